The third-order valence-electron chi connectivity index (χ3n) is 4.60. The van der Waals surface area contributed by atoms with Crippen LogP contribution in [0.5, 0.6) is 0 Å². The SMILES string of the molecule is CCc1ccc(C(=O)NNC(=O)CNC(=O)c2ccc(-c3ccccc3)cc2)cc1. The maximum Gasteiger partial charge on any atom is 0.269 e. The molecule has 0 aliphatic carbocycles. The van der Waals surface area contributed by atoms with Crippen LogP contribution < -0.4 is 16.2 Å². The van der Waals surface area contributed by atoms with Gasteiger partial charge >= 0.3 is 0 Å². The van der Waals surface area contributed by atoms with Gasteiger partial charge in [0.25, 0.3) is 17.7 Å². The Labute approximate surface area is 175 Å². The maximum absolute atomic E-state index is 12.2. The lowest BCUT2D eigenvalue weighted by Crippen LogP contribution is -2.46. The highest BCUT2D eigenvalue weighted by atomic mass is 16.2. The minimum Gasteiger partial charge on any atom is -0.343 e. The summed E-state index contributed by atoms with van der Waals surface area (Å²) in [5, 5.41) is 2.53. The van der Waals surface area contributed by atoms with Crippen LogP contribution in [0.2, 0.25) is 0 Å². The Morgan fingerprint density at radius 2 is 1.23 bits per heavy atom. The van der Waals surface area contributed by atoms with Gasteiger partial charge in [0.1, 0.15) is 0 Å². The molecule has 0 aromatic heterocycles. The Bertz CT molecular complexity index is 1010. The van der Waals surface area contributed by atoms with Crippen LogP contribution in [-0.4, -0.2) is 24.3 Å². The van der Waals surface area contributed by atoms with Crippen LogP contribution in [0.15, 0.2) is 78.9 Å². The summed E-state index contributed by atoms with van der Waals surface area (Å²) in [6, 6.07) is 24.1. The molecule has 3 amide bonds. The first-order chi connectivity index (χ1) is 14.6. The number of hydrazine groups is 1. The van der Waals surface area contributed by atoms with Crippen LogP contribution in [0.4, 0.5) is 0 Å². The van der Waals surface area contributed by atoms with E-state index >= 15 is 0 Å². The summed E-state index contributed by atoms with van der Waals surface area (Å²) < 4.78 is 0. The van der Waals surface area contributed by atoms with E-state index in [-0.39, 0.29) is 12.5 Å². The Morgan fingerprint density at radius 1 is 0.667 bits per heavy atom. The quantitative estimate of drug-likeness (QED) is 0.555. The molecular formula is C24H23N3O3. The molecule has 3 rings (SSSR count). The molecule has 0 radical (unpaired) electrons. The first-order valence-electron chi connectivity index (χ1n) is 9.68. The first-order valence-corrected chi connectivity index (χ1v) is 9.68. The summed E-state index contributed by atoms with van der Waals surface area (Å²) in [5.41, 5.74) is 8.70. The van der Waals surface area contributed by atoms with Crippen molar-refractivity contribution in [3.63, 3.8) is 0 Å². The first kappa shape index (κ1) is 20.8. The highest BCUT2D eigenvalue weighted by Gasteiger charge is 2.10. The van der Waals surface area contributed by atoms with E-state index in [1.54, 1.807) is 24.3 Å². The van der Waals surface area contributed by atoms with Gasteiger partial charge in [0.15, 0.2) is 0 Å². The molecule has 0 saturated carbocycles. The fourth-order valence-corrected chi connectivity index (χ4v) is 2.84. The zero-order valence-corrected chi connectivity index (χ0v) is 16.6. The van der Waals surface area contributed by atoms with Gasteiger partial charge in [-0.25, -0.2) is 0 Å². The molecule has 6 nitrogen and oxygen atoms in total. The molecule has 3 N–H and O–H groups in total. The molecule has 3 aromatic carbocycles. The lowest BCUT2D eigenvalue weighted by Gasteiger charge is -2.09. The summed E-state index contributed by atoms with van der Waals surface area (Å²) in [6.45, 7) is 1.77. The van der Waals surface area contributed by atoms with Crippen LogP contribution in [-0.2, 0) is 11.2 Å². The zero-order chi connectivity index (χ0) is 21.3. The van der Waals surface area contributed by atoms with Gasteiger partial charge in [-0.3, -0.25) is 25.2 Å². The van der Waals surface area contributed by atoms with Crippen molar-refractivity contribution < 1.29 is 14.4 Å². The van der Waals surface area contributed by atoms with Crippen molar-refractivity contribution in [2.24, 2.45) is 0 Å². The van der Waals surface area contributed by atoms with Crippen molar-refractivity contribution >= 4 is 17.7 Å². The van der Waals surface area contributed by atoms with Crippen molar-refractivity contribution in [3.8, 4) is 11.1 Å². The predicted molar refractivity (Wildman–Crippen MR) is 116 cm³/mol. The summed E-state index contributed by atoms with van der Waals surface area (Å²) in [4.78, 5) is 36.2. The van der Waals surface area contributed by atoms with Gasteiger partial charge in [-0.1, -0.05) is 61.5 Å². The number of amides is 3. The second kappa shape index (κ2) is 10.0. The molecule has 152 valence electrons. The Balaban J connectivity index is 1.46. The van der Waals surface area contributed by atoms with Crippen LogP contribution in [0.25, 0.3) is 11.1 Å². The van der Waals surface area contributed by atoms with Crippen molar-refractivity contribution in [1.82, 2.24) is 16.2 Å². The van der Waals surface area contributed by atoms with E-state index in [4.69, 9.17) is 0 Å². The fraction of sp³-hybridized carbons (Fsp3) is 0.125. The van der Waals surface area contributed by atoms with Gasteiger partial charge in [-0.05, 0) is 47.4 Å². The van der Waals surface area contributed by atoms with E-state index < -0.39 is 11.8 Å². The Morgan fingerprint density at radius 3 is 1.87 bits per heavy atom. The van der Waals surface area contributed by atoms with Crippen molar-refractivity contribution in [3.05, 3.63) is 95.6 Å². The molecule has 0 aliphatic heterocycles. The van der Waals surface area contributed by atoms with Gasteiger partial charge in [-0.15, -0.1) is 0 Å². The number of aryl methyl sites for hydroxylation is 1. The molecule has 30 heavy (non-hydrogen) atoms. The fourth-order valence-electron chi connectivity index (χ4n) is 2.84. The molecule has 0 bridgehead atoms. The van der Waals surface area contributed by atoms with Crippen LogP contribution in [0.3, 0.4) is 0 Å². The monoisotopic (exact) mass is 401 g/mol. The number of carbonyl (C=O) groups excluding carboxylic acids is 3. The topological polar surface area (TPSA) is 87.3 Å². The average molecular weight is 401 g/mol. The third-order valence-corrected chi connectivity index (χ3v) is 4.60. The van der Waals surface area contributed by atoms with Gasteiger partial charge in [-0.2, -0.15) is 0 Å². The molecule has 6 heteroatoms. The van der Waals surface area contributed by atoms with Crippen molar-refractivity contribution in [2.75, 3.05) is 6.54 Å². The number of hydrogen-bond donors (Lipinski definition) is 3. The minimum atomic E-state index is -0.525. The lowest BCUT2D eigenvalue weighted by atomic mass is 10.0. The smallest absolute Gasteiger partial charge is 0.269 e. The number of rotatable bonds is 6. The van der Waals surface area contributed by atoms with E-state index in [0.717, 1.165) is 23.1 Å². The minimum absolute atomic E-state index is 0.256. The normalized spacial score (nSPS) is 10.2. The summed E-state index contributed by atoms with van der Waals surface area (Å²) >= 11 is 0. The standard InChI is InChI=1S/C24H23N3O3/c1-2-17-8-10-21(11-9-17)24(30)27-26-22(28)16-25-23(29)20-14-12-19(13-15-20)18-6-4-3-5-7-18/h3-15H,2,16H2,1H3,(H,25,29)(H,26,28)(H,27,30). The molecule has 0 spiro atoms. The molecule has 0 unspecified atom stereocenters. The lowest BCUT2D eigenvalue weighted by molar-refractivity contribution is -0.120. The van der Waals surface area contributed by atoms with E-state index in [0.29, 0.717) is 11.1 Å². The molecular weight excluding hydrogens is 378 g/mol. The van der Waals surface area contributed by atoms with Crippen LogP contribution >= 0.6 is 0 Å². The van der Waals surface area contributed by atoms with Gasteiger partial charge in [0, 0.05) is 11.1 Å². The number of nitrogens with one attached hydrogen (secondary N) is 3. The Kier molecular flexibility index (Phi) is 6.95. The molecule has 0 saturated heterocycles. The molecule has 0 atom stereocenters. The average Bonchev–Trinajstić information content (AvgIpc) is 2.81. The molecule has 0 aliphatic rings. The van der Waals surface area contributed by atoms with Gasteiger partial charge in [0.05, 0.1) is 6.54 Å². The number of benzene rings is 3. The van der Waals surface area contributed by atoms with Crippen LogP contribution in [0, 0.1) is 0 Å². The zero-order valence-electron chi connectivity index (χ0n) is 16.6. The maximum atomic E-state index is 12.2. The molecule has 3 aromatic rings. The largest absolute Gasteiger partial charge is 0.343 e. The molecule has 0 fully saturated rings. The predicted octanol–water partition coefficient (Wildman–Crippen LogP) is 3.11. The van der Waals surface area contributed by atoms with E-state index in [9.17, 15) is 14.4 Å². The highest BCUT2D eigenvalue weighted by Crippen LogP contribution is 2.19. The van der Waals surface area contributed by atoms with Gasteiger partial charge < -0.3 is 5.32 Å². The van der Waals surface area contributed by atoms with Crippen LogP contribution in [0.1, 0.15) is 33.2 Å². The summed E-state index contributed by atoms with van der Waals surface area (Å²) in [7, 11) is 0. The van der Waals surface area contributed by atoms with Gasteiger partial charge in [0.2, 0.25) is 0 Å². The molecule has 0 heterocycles. The van der Waals surface area contributed by atoms with Crippen molar-refractivity contribution in [1.29, 1.82) is 0 Å². The number of hydrogen-bond acceptors (Lipinski definition) is 3. The second-order valence-electron chi connectivity index (χ2n) is 6.68. The Hall–Kier alpha value is -3.93. The second-order valence-corrected chi connectivity index (χ2v) is 6.68. The summed E-state index contributed by atoms with van der Waals surface area (Å²) in [5.74, 6) is -1.32. The van der Waals surface area contributed by atoms with Crippen molar-refractivity contribution in [2.45, 2.75) is 13.3 Å². The summed E-state index contributed by atoms with van der Waals surface area (Å²) in [6.07, 6.45) is 0.882. The van der Waals surface area contributed by atoms with E-state index in [1.807, 2.05) is 61.5 Å². The third kappa shape index (κ3) is 5.54. The van der Waals surface area contributed by atoms with E-state index in [2.05, 4.69) is 16.2 Å². The van der Waals surface area contributed by atoms with E-state index in [1.165, 1.54) is 0 Å². The number of carbonyl (C=O) groups is 3. The highest BCUT2D eigenvalue weighted by molar-refractivity contribution is 5.98.